The van der Waals surface area contributed by atoms with Crippen molar-refractivity contribution in [3.63, 3.8) is 0 Å². The molecule has 2 aromatic rings. The third kappa shape index (κ3) is 1.81. The highest BCUT2D eigenvalue weighted by atomic mass is 15.1. The van der Waals surface area contributed by atoms with Gasteiger partial charge < -0.3 is 15.2 Å². The van der Waals surface area contributed by atoms with Crippen molar-refractivity contribution in [1.29, 1.82) is 0 Å². The molecule has 2 rings (SSSR count). The van der Waals surface area contributed by atoms with Crippen molar-refractivity contribution in [3.8, 4) is 0 Å². The summed E-state index contributed by atoms with van der Waals surface area (Å²) in [5.74, 6) is 0. The Morgan fingerprint density at radius 1 is 1.44 bits per heavy atom. The van der Waals surface area contributed by atoms with E-state index in [2.05, 4.69) is 28.1 Å². The lowest BCUT2D eigenvalue weighted by molar-refractivity contribution is 0.306. The molecule has 4 heteroatoms. The molecule has 0 fully saturated rings. The van der Waals surface area contributed by atoms with Crippen molar-refractivity contribution in [3.05, 3.63) is 30.1 Å². The predicted octanol–water partition coefficient (Wildman–Crippen LogP) is 1.13. The molecule has 0 saturated carbocycles. The number of likely N-dealkylation sites (N-methyl/N-ethyl adjacent to an activating group) is 1. The number of nitrogens with zero attached hydrogens (tertiary/aromatic N) is 3. The first-order chi connectivity index (χ1) is 7.63. The molecule has 4 nitrogen and oxygen atoms in total. The summed E-state index contributed by atoms with van der Waals surface area (Å²) in [5, 5.41) is 0. The average Bonchev–Trinajstić information content (AvgIpc) is 2.61. The Balaban J connectivity index is 2.46. The van der Waals surface area contributed by atoms with E-state index in [1.165, 1.54) is 5.56 Å². The molecule has 0 saturated heterocycles. The number of fused-ring (bicyclic) bond motifs is 1. The fourth-order valence-electron chi connectivity index (χ4n) is 2.01. The zero-order valence-electron chi connectivity index (χ0n) is 10.0. The van der Waals surface area contributed by atoms with E-state index in [0.29, 0.717) is 6.54 Å². The van der Waals surface area contributed by atoms with Gasteiger partial charge in [-0.05, 0) is 31.8 Å². The van der Waals surface area contributed by atoms with E-state index in [-0.39, 0.29) is 6.04 Å². The molecule has 1 aromatic carbocycles. The van der Waals surface area contributed by atoms with E-state index >= 15 is 0 Å². The Kier molecular flexibility index (Phi) is 2.94. The van der Waals surface area contributed by atoms with E-state index in [9.17, 15) is 0 Å². The summed E-state index contributed by atoms with van der Waals surface area (Å²) >= 11 is 0. The topological polar surface area (TPSA) is 47.1 Å². The second-order valence-corrected chi connectivity index (χ2v) is 4.32. The van der Waals surface area contributed by atoms with Crippen LogP contribution < -0.4 is 5.73 Å². The molecule has 0 amide bonds. The predicted molar refractivity (Wildman–Crippen MR) is 66.2 cm³/mol. The van der Waals surface area contributed by atoms with E-state index < -0.39 is 0 Å². The SMILES string of the molecule is CN(C)C(CN)c1ccc2c(c1)ncn2C. The lowest BCUT2D eigenvalue weighted by Gasteiger charge is -2.22. The number of benzene rings is 1. The minimum absolute atomic E-state index is 0.256. The maximum atomic E-state index is 5.79. The van der Waals surface area contributed by atoms with Crippen molar-refractivity contribution in [2.75, 3.05) is 20.6 Å². The van der Waals surface area contributed by atoms with E-state index in [0.717, 1.165) is 11.0 Å². The molecule has 16 heavy (non-hydrogen) atoms. The summed E-state index contributed by atoms with van der Waals surface area (Å²) in [4.78, 5) is 6.49. The van der Waals surface area contributed by atoms with Gasteiger partial charge in [-0.15, -0.1) is 0 Å². The van der Waals surface area contributed by atoms with Crippen molar-refractivity contribution >= 4 is 11.0 Å². The van der Waals surface area contributed by atoms with E-state index in [1.807, 2.05) is 32.0 Å². The average molecular weight is 218 g/mol. The standard InChI is InChI=1S/C12H18N4/c1-15(2)12(7-13)9-4-5-11-10(6-9)14-8-16(11)3/h4-6,8,12H,7,13H2,1-3H3. The number of nitrogens with two attached hydrogens (primary N) is 1. The van der Waals surface area contributed by atoms with Crippen LogP contribution in [0.25, 0.3) is 11.0 Å². The van der Waals surface area contributed by atoms with Crippen LogP contribution in [-0.2, 0) is 7.05 Å². The van der Waals surface area contributed by atoms with Crippen LogP contribution in [0.15, 0.2) is 24.5 Å². The number of imidazole rings is 1. The minimum Gasteiger partial charge on any atom is -0.334 e. The summed E-state index contributed by atoms with van der Waals surface area (Å²) in [7, 11) is 6.08. The molecular formula is C12H18N4. The second kappa shape index (κ2) is 4.23. The molecule has 1 atom stereocenters. The van der Waals surface area contributed by atoms with Gasteiger partial charge in [0.1, 0.15) is 0 Å². The first-order valence-electron chi connectivity index (χ1n) is 5.41. The van der Waals surface area contributed by atoms with E-state index in [1.54, 1.807) is 0 Å². The maximum Gasteiger partial charge on any atom is 0.0955 e. The van der Waals surface area contributed by atoms with Crippen LogP contribution in [0.5, 0.6) is 0 Å². The summed E-state index contributed by atoms with van der Waals surface area (Å²) in [5.41, 5.74) is 9.19. The summed E-state index contributed by atoms with van der Waals surface area (Å²) in [6.07, 6.45) is 1.83. The molecule has 0 aliphatic rings. The summed E-state index contributed by atoms with van der Waals surface area (Å²) < 4.78 is 2.02. The molecule has 1 unspecified atom stereocenters. The minimum atomic E-state index is 0.256. The highest BCUT2D eigenvalue weighted by Gasteiger charge is 2.13. The smallest absolute Gasteiger partial charge is 0.0955 e. The van der Waals surface area contributed by atoms with Gasteiger partial charge in [-0.1, -0.05) is 6.07 Å². The number of aryl methyl sites for hydroxylation is 1. The van der Waals surface area contributed by atoms with Crippen LogP contribution in [0.2, 0.25) is 0 Å². The highest BCUT2D eigenvalue weighted by Crippen LogP contribution is 2.21. The van der Waals surface area contributed by atoms with Crippen molar-refractivity contribution in [2.24, 2.45) is 12.8 Å². The van der Waals surface area contributed by atoms with Crippen molar-refractivity contribution < 1.29 is 0 Å². The van der Waals surface area contributed by atoms with Crippen LogP contribution >= 0.6 is 0 Å². The van der Waals surface area contributed by atoms with Crippen molar-refractivity contribution in [2.45, 2.75) is 6.04 Å². The molecule has 0 aliphatic carbocycles. The molecule has 2 N–H and O–H groups in total. The van der Waals surface area contributed by atoms with Crippen molar-refractivity contribution in [1.82, 2.24) is 14.5 Å². The molecule has 0 radical (unpaired) electrons. The number of hydrogen-bond acceptors (Lipinski definition) is 3. The number of aromatic nitrogens is 2. The lowest BCUT2D eigenvalue weighted by Crippen LogP contribution is -2.27. The first-order valence-corrected chi connectivity index (χ1v) is 5.41. The van der Waals surface area contributed by atoms with Crippen LogP contribution in [0, 0.1) is 0 Å². The van der Waals surface area contributed by atoms with Crippen LogP contribution in [0.3, 0.4) is 0 Å². The van der Waals surface area contributed by atoms with Gasteiger partial charge in [0, 0.05) is 19.6 Å². The number of hydrogen-bond donors (Lipinski definition) is 1. The largest absolute Gasteiger partial charge is 0.334 e. The van der Waals surface area contributed by atoms with Gasteiger partial charge >= 0.3 is 0 Å². The highest BCUT2D eigenvalue weighted by molar-refractivity contribution is 5.76. The van der Waals surface area contributed by atoms with Gasteiger partial charge in [0.2, 0.25) is 0 Å². The summed E-state index contributed by atoms with van der Waals surface area (Å²) in [6, 6.07) is 6.60. The third-order valence-corrected chi connectivity index (χ3v) is 2.98. The number of rotatable bonds is 3. The first kappa shape index (κ1) is 11.1. The molecule has 0 spiro atoms. The third-order valence-electron chi connectivity index (χ3n) is 2.98. The van der Waals surface area contributed by atoms with Gasteiger partial charge in [0.15, 0.2) is 0 Å². The van der Waals surface area contributed by atoms with Gasteiger partial charge in [0.25, 0.3) is 0 Å². The normalized spacial score (nSPS) is 13.6. The maximum absolute atomic E-state index is 5.79. The Morgan fingerprint density at radius 3 is 2.81 bits per heavy atom. The Bertz CT molecular complexity index is 487. The molecule has 1 aromatic heterocycles. The fourth-order valence-corrected chi connectivity index (χ4v) is 2.01. The molecular weight excluding hydrogens is 200 g/mol. The molecule has 0 aliphatic heterocycles. The quantitative estimate of drug-likeness (QED) is 0.840. The summed E-state index contributed by atoms with van der Waals surface area (Å²) in [6.45, 7) is 0.616. The van der Waals surface area contributed by atoms with Gasteiger partial charge in [-0.3, -0.25) is 0 Å². The molecule has 1 heterocycles. The van der Waals surface area contributed by atoms with Gasteiger partial charge in [-0.2, -0.15) is 0 Å². The van der Waals surface area contributed by atoms with Gasteiger partial charge in [0.05, 0.1) is 17.4 Å². The molecule has 86 valence electrons. The molecule has 0 bridgehead atoms. The fraction of sp³-hybridized carbons (Fsp3) is 0.417. The Labute approximate surface area is 95.7 Å². The Hall–Kier alpha value is -1.39. The van der Waals surface area contributed by atoms with Crippen LogP contribution in [0.1, 0.15) is 11.6 Å². The second-order valence-electron chi connectivity index (χ2n) is 4.32. The monoisotopic (exact) mass is 218 g/mol. The van der Waals surface area contributed by atoms with Gasteiger partial charge in [-0.25, -0.2) is 4.98 Å². The van der Waals surface area contributed by atoms with Crippen LogP contribution in [0.4, 0.5) is 0 Å². The van der Waals surface area contributed by atoms with E-state index in [4.69, 9.17) is 5.73 Å². The lowest BCUT2D eigenvalue weighted by atomic mass is 10.1. The zero-order valence-corrected chi connectivity index (χ0v) is 10.0. The Morgan fingerprint density at radius 2 is 2.19 bits per heavy atom. The van der Waals surface area contributed by atoms with Crippen LogP contribution in [-0.4, -0.2) is 35.1 Å². The zero-order chi connectivity index (χ0) is 11.7.